The van der Waals surface area contributed by atoms with Crippen LogP contribution in [0.1, 0.15) is 32.1 Å². The van der Waals surface area contributed by atoms with Gasteiger partial charge in [-0.3, -0.25) is 0 Å². The standard InChI is InChI=1S/C13H17N5O2.ClH/c1-13(5-3-4-6-16-13)12-17-11(18-20-12)9-7-10(19-2)15-8-14-9;/h7-8,16H,3-6H2,1-2H3;1H. The van der Waals surface area contributed by atoms with Crippen LogP contribution in [-0.4, -0.2) is 33.8 Å². The molecule has 1 N–H and O–H groups in total. The Morgan fingerprint density at radius 1 is 1.33 bits per heavy atom. The van der Waals surface area contributed by atoms with Crippen LogP contribution in [0.4, 0.5) is 0 Å². The maximum Gasteiger partial charge on any atom is 0.247 e. The zero-order valence-electron chi connectivity index (χ0n) is 12.0. The molecule has 3 rings (SSSR count). The number of rotatable bonds is 3. The molecule has 1 saturated heterocycles. The fourth-order valence-electron chi connectivity index (χ4n) is 2.36. The summed E-state index contributed by atoms with van der Waals surface area (Å²) in [4.78, 5) is 12.6. The van der Waals surface area contributed by atoms with E-state index < -0.39 is 0 Å². The van der Waals surface area contributed by atoms with Crippen molar-refractivity contribution < 1.29 is 9.26 Å². The van der Waals surface area contributed by atoms with Gasteiger partial charge in [-0.15, -0.1) is 12.4 Å². The van der Waals surface area contributed by atoms with E-state index in [1.807, 2.05) is 0 Å². The van der Waals surface area contributed by atoms with Gasteiger partial charge in [0.25, 0.3) is 0 Å². The van der Waals surface area contributed by atoms with Crippen molar-refractivity contribution in [3.63, 3.8) is 0 Å². The predicted molar refractivity (Wildman–Crippen MR) is 78.3 cm³/mol. The molecule has 0 spiro atoms. The van der Waals surface area contributed by atoms with Gasteiger partial charge >= 0.3 is 0 Å². The molecule has 1 unspecified atom stereocenters. The molecular formula is C13H18ClN5O2. The molecule has 8 heteroatoms. The highest BCUT2D eigenvalue weighted by atomic mass is 35.5. The average molecular weight is 312 g/mol. The maximum atomic E-state index is 5.41. The van der Waals surface area contributed by atoms with Crippen LogP contribution in [0.3, 0.4) is 0 Å². The SMILES string of the molecule is COc1cc(-c2noc(C3(C)CCCCN3)n2)ncn1.Cl. The van der Waals surface area contributed by atoms with E-state index in [0.717, 1.165) is 19.4 Å². The minimum absolute atomic E-state index is 0. The Labute approximate surface area is 128 Å². The van der Waals surface area contributed by atoms with Gasteiger partial charge in [0.1, 0.15) is 12.0 Å². The van der Waals surface area contributed by atoms with Crippen molar-refractivity contribution in [3.8, 4) is 17.4 Å². The second kappa shape index (κ2) is 6.36. The Morgan fingerprint density at radius 2 is 2.19 bits per heavy atom. The summed E-state index contributed by atoms with van der Waals surface area (Å²) >= 11 is 0. The number of methoxy groups -OCH3 is 1. The molecule has 1 fully saturated rings. The van der Waals surface area contributed by atoms with Gasteiger partial charge in [-0.05, 0) is 32.7 Å². The maximum absolute atomic E-state index is 5.41. The number of aromatic nitrogens is 4. The van der Waals surface area contributed by atoms with Gasteiger partial charge in [0, 0.05) is 6.07 Å². The molecule has 114 valence electrons. The Kier molecular flexibility index (Phi) is 4.74. The minimum atomic E-state index is -0.249. The Hall–Kier alpha value is -1.73. The molecule has 1 aliphatic rings. The van der Waals surface area contributed by atoms with Crippen molar-refractivity contribution in [2.24, 2.45) is 0 Å². The van der Waals surface area contributed by atoms with E-state index in [1.165, 1.54) is 12.7 Å². The monoisotopic (exact) mass is 311 g/mol. The third-order valence-electron chi connectivity index (χ3n) is 3.60. The molecule has 0 saturated carbocycles. The van der Waals surface area contributed by atoms with Crippen molar-refractivity contribution in [2.45, 2.75) is 31.7 Å². The van der Waals surface area contributed by atoms with E-state index in [4.69, 9.17) is 9.26 Å². The van der Waals surface area contributed by atoms with Gasteiger partial charge in [-0.2, -0.15) is 4.98 Å². The van der Waals surface area contributed by atoms with Crippen LogP contribution in [0.15, 0.2) is 16.9 Å². The summed E-state index contributed by atoms with van der Waals surface area (Å²) in [6.07, 6.45) is 4.74. The van der Waals surface area contributed by atoms with Gasteiger partial charge in [0.2, 0.25) is 17.6 Å². The zero-order chi connectivity index (χ0) is 14.0. The highest BCUT2D eigenvalue weighted by Gasteiger charge is 2.34. The molecular weight excluding hydrogens is 294 g/mol. The summed E-state index contributed by atoms with van der Waals surface area (Å²) in [5.74, 6) is 1.53. The molecule has 21 heavy (non-hydrogen) atoms. The number of nitrogens with one attached hydrogen (secondary N) is 1. The highest BCUT2D eigenvalue weighted by Crippen LogP contribution is 2.29. The number of hydrogen-bond donors (Lipinski definition) is 1. The summed E-state index contributed by atoms with van der Waals surface area (Å²) in [6.45, 7) is 3.06. The molecule has 0 aliphatic carbocycles. The van der Waals surface area contributed by atoms with E-state index in [0.29, 0.717) is 23.3 Å². The lowest BCUT2D eigenvalue weighted by Crippen LogP contribution is -2.43. The second-order valence-corrected chi connectivity index (χ2v) is 5.08. The molecule has 0 bridgehead atoms. The van der Waals surface area contributed by atoms with Gasteiger partial charge in [-0.1, -0.05) is 5.16 Å². The average Bonchev–Trinajstić information content (AvgIpc) is 2.99. The number of ether oxygens (including phenoxy) is 1. The molecule has 2 aromatic heterocycles. The van der Waals surface area contributed by atoms with Crippen molar-refractivity contribution >= 4 is 12.4 Å². The van der Waals surface area contributed by atoms with Crippen LogP contribution < -0.4 is 10.1 Å². The first-order valence-electron chi connectivity index (χ1n) is 6.67. The summed E-state index contributed by atoms with van der Waals surface area (Å²) < 4.78 is 10.5. The van der Waals surface area contributed by atoms with E-state index in [-0.39, 0.29) is 17.9 Å². The van der Waals surface area contributed by atoms with Crippen LogP contribution in [0, 0.1) is 0 Å². The molecule has 0 aromatic carbocycles. The molecule has 1 atom stereocenters. The smallest absolute Gasteiger partial charge is 0.247 e. The first kappa shape index (κ1) is 15.7. The third kappa shape index (κ3) is 3.14. The van der Waals surface area contributed by atoms with E-state index >= 15 is 0 Å². The van der Waals surface area contributed by atoms with Crippen LogP contribution in [0.2, 0.25) is 0 Å². The van der Waals surface area contributed by atoms with E-state index in [1.54, 1.807) is 13.2 Å². The lowest BCUT2D eigenvalue weighted by molar-refractivity contribution is 0.207. The van der Waals surface area contributed by atoms with E-state index in [2.05, 4.69) is 32.3 Å². The molecule has 1 aliphatic heterocycles. The fourth-order valence-corrected chi connectivity index (χ4v) is 2.36. The van der Waals surface area contributed by atoms with Crippen LogP contribution in [-0.2, 0) is 5.54 Å². The largest absolute Gasteiger partial charge is 0.481 e. The molecule has 2 aromatic rings. The molecule has 0 amide bonds. The predicted octanol–water partition coefficient (Wildman–Crippen LogP) is 1.95. The van der Waals surface area contributed by atoms with E-state index in [9.17, 15) is 0 Å². The molecule has 0 radical (unpaired) electrons. The summed E-state index contributed by atoms with van der Waals surface area (Å²) in [5.41, 5.74) is 0.340. The van der Waals surface area contributed by atoms with Crippen molar-refractivity contribution in [3.05, 3.63) is 18.3 Å². The fraction of sp³-hybridized carbons (Fsp3) is 0.538. The van der Waals surface area contributed by atoms with Crippen molar-refractivity contribution in [1.29, 1.82) is 0 Å². The molecule has 7 nitrogen and oxygen atoms in total. The third-order valence-corrected chi connectivity index (χ3v) is 3.60. The van der Waals surface area contributed by atoms with Crippen molar-refractivity contribution in [2.75, 3.05) is 13.7 Å². The lowest BCUT2D eigenvalue weighted by atomic mass is 9.91. The van der Waals surface area contributed by atoms with Crippen LogP contribution >= 0.6 is 12.4 Å². The minimum Gasteiger partial charge on any atom is -0.481 e. The van der Waals surface area contributed by atoms with Gasteiger partial charge in [-0.25, -0.2) is 9.97 Å². The second-order valence-electron chi connectivity index (χ2n) is 5.08. The van der Waals surface area contributed by atoms with Crippen LogP contribution in [0.25, 0.3) is 11.5 Å². The normalized spacial score (nSPS) is 21.6. The number of hydrogen-bond acceptors (Lipinski definition) is 7. The molecule has 3 heterocycles. The van der Waals surface area contributed by atoms with Crippen LogP contribution in [0.5, 0.6) is 5.88 Å². The highest BCUT2D eigenvalue weighted by molar-refractivity contribution is 5.85. The quantitative estimate of drug-likeness (QED) is 0.927. The first-order valence-corrected chi connectivity index (χ1v) is 6.67. The topological polar surface area (TPSA) is 86.0 Å². The summed E-state index contributed by atoms with van der Waals surface area (Å²) in [6, 6.07) is 1.69. The summed E-state index contributed by atoms with van der Waals surface area (Å²) in [7, 11) is 1.56. The van der Waals surface area contributed by atoms with Gasteiger partial charge < -0.3 is 14.6 Å². The Balaban J connectivity index is 0.00000161. The first-order chi connectivity index (χ1) is 9.71. The number of nitrogens with zero attached hydrogens (tertiary/aromatic N) is 4. The number of piperidine rings is 1. The summed E-state index contributed by atoms with van der Waals surface area (Å²) in [5, 5.41) is 7.46. The van der Waals surface area contributed by atoms with Gasteiger partial charge in [0.05, 0.1) is 12.6 Å². The lowest BCUT2D eigenvalue weighted by Gasteiger charge is -2.31. The number of halogens is 1. The Bertz CT molecular complexity index is 598. The zero-order valence-corrected chi connectivity index (χ0v) is 12.8. The van der Waals surface area contributed by atoms with Crippen molar-refractivity contribution in [1.82, 2.24) is 25.4 Å². The van der Waals surface area contributed by atoms with Gasteiger partial charge in [0.15, 0.2) is 0 Å². The Morgan fingerprint density at radius 3 is 2.90 bits per heavy atom.